The molecule has 1 atom stereocenters. The summed E-state index contributed by atoms with van der Waals surface area (Å²) in [6.07, 6.45) is 5.00. The standard InChI is InChI=1S/C16H18N4O5/c1-3-25-16(22)13-6-12(7-14(8-13)20(23)24)15(21)18-11(2)9-19-5-4-17-10-19/h4-8,10-11H,3,9H2,1-2H3,(H,18,21). The van der Waals surface area contributed by atoms with Crippen molar-refractivity contribution in [3.63, 3.8) is 0 Å². The van der Waals surface area contributed by atoms with Gasteiger partial charge in [-0.2, -0.15) is 0 Å². The smallest absolute Gasteiger partial charge is 0.338 e. The van der Waals surface area contributed by atoms with E-state index in [9.17, 15) is 19.7 Å². The van der Waals surface area contributed by atoms with Crippen LogP contribution in [0.5, 0.6) is 0 Å². The van der Waals surface area contributed by atoms with Gasteiger partial charge in [-0.1, -0.05) is 0 Å². The van der Waals surface area contributed by atoms with E-state index >= 15 is 0 Å². The van der Waals surface area contributed by atoms with Gasteiger partial charge < -0.3 is 14.6 Å². The van der Waals surface area contributed by atoms with E-state index in [-0.39, 0.29) is 29.5 Å². The number of benzene rings is 1. The Morgan fingerprint density at radius 1 is 1.36 bits per heavy atom. The lowest BCUT2D eigenvalue weighted by Gasteiger charge is -2.14. The molecule has 0 aliphatic rings. The van der Waals surface area contributed by atoms with Gasteiger partial charge in [0, 0.05) is 42.7 Å². The zero-order valence-corrected chi connectivity index (χ0v) is 13.8. The lowest BCUT2D eigenvalue weighted by molar-refractivity contribution is -0.384. The van der Waals surface area contributed by atoms with Crippen molar-refractivity contribution in [2.45, 2.75) is 26.4 Å². The number of hydrogen-bond acceptors (Lipinski definition) is 6. The number of nitrogens with zero attached hydrogens (tertiary/aromatic N) is 3. The van der Waals surface area contributed by atoms with E-state index in [1.54, 1.807) is 37.1 Å². The van der Waals surface area contributed by atoms with Gasteiger partial charge >= 0.3 is 5.97 Å². The van der Waals surface area contributed by atoms with Crippen LogP contribution in [-0.2, 0) is 11.3 Å². The van der Waals surface area contributed by atoms with Gasteiger partial charge in [-0.25, -0.2) is 9.78 Å². The molecule has 1 aromatic carbocycles. The fourth-order valence-electron chi connectivity index (χ4n) is 2.24. The van der Waals surface area contributed by atoms with Crippen molar-refractivity contribution < 1.29 is 19.2 Å². The topological polar surface area (TPSA) is 116 Å². The van der Waals surface area contributed by atoms with Crippen LogP contribution < -0.4 is 5.32 Å². The molecule has 0 aliphatic carbocycles. The Kier molecular flexibility index (Phi) is 5.83. The molecule has 2 rings (SSSR count). The van der Waals surface area contributed by atoms with Crippen LogP contribution in [0.25, 0.3) is 0 Å². The maximum Gasteiger partial charge on any atom is 0.338 e. The normalized spacial score (nSPS) is 11.6. The van der Waals surface area contributed by atoms with Crippen molar-refractivity contribution in [2.75, 3.05) is 6.61 Å². The minimum absolute atomic E-state index is 0.0229. The van der Waals surface area contributed by atoms with E-state index in [2.05, 4.69) is 10.3 Å². The molecule has 1 heterocycles. The highest BCUT2D eigenvalue weighted by atomic mass is 16.6. The largest absolute Gasteiger partial charge is 0.462 e. The molecule has 9 heteroatoms. The number of nitro benzene ring substituents is 1. The monoisotopic (exact) mass is 346 g/mol. The van der Waals surface area contributed by atoms with Crippen molar-refractivity contribution in [2.24, 2.45) is 0 Å². The van der Waals surface area contributed by atoms with Gasteiger partial charge in [0.1, 0.15) is 0 Å². The number of carbonyl (C=O) groups excluding carboxylic acids is 2. The van der Waals surface area contributed by atoms with E-state index in [0.29, 0.717) is 6.54 Å². The van der Waals surface area contributed by atoms with Crippen LogP contribution in [0.15, 0.2) is 36.9 Å². The van der Waals surface area contributed by atoms with Crippen LogP contribution in [-0.4, -0.2) is 39.0 Å². The second kappa shape index (κ2) is 8.04. The number of imidazole rings is 1. The first kappa shape index (κ1) is 18.1. The SMILES string of the molecule is CCOC(=O)c1cc(C(=O)NC(C)Cn2ccnc2)cc([N+](=O)[O-])c1. The first-order valence-corrected chi connectivity index (χ1v) is 7.64. The summed E-state index contributed by atoms with van der Waals surface area (Å²) in [7, 11) is 0. The molecule has 0 saturated carbocycles. The zero-order chi connectivity index (χ0) is 18.4. The van der Waals surface area contributed by atoms with E-state index in [0.717, 1.165) is 12.1 Å². The van der Waals surface area contributed by atoms with E-state index in [1.807, 2.05) is 0 Å². The Morgan fingerprint density at radius 3 is 2.68 bits per heavy atom. The van der Waals surface area contributed by atoms with Gasteiger partial charge in [0.15, 0.2) is 0 Å². The number of non-ortho nitro benzene ring substituents is 1. The van der Waals surface area contributed by atoms with Gasteiger partial charge in [-0.05, 0) is 19.9 Å². The Labute approximate surface area is 143 Å². The predicted octanol–water partition coefficient (Wildman–Crippen LogP) is 1.79. The molecule has 1 amide bonds. The summed E-state index contributed by atoms with van der Waals surface area (Å²) in [6.45, 7) is 4.04. The van der Waals surface area contributed by atoms with E-state index in [1.165, 1.54) is 6.07 Å². The summed E-state index contributed by atoms with van der Waals surface area (Å²) in [5.74, 6) is -1.23. The van der Waals surface area contributed by atoms with Crippen molar-refractivity contribution in [1.29, 1.82) is 0 Å². The molecule has 0 bridgehead atoms. The van der Waals surface area contributed by atoms with Crippen LogP contribution in [0, 0.1) is 10.1 Å². The van der Waals surface area contributed by atoms with Crippen molar-refractivity contribution in [3.05, 3.63) is 58.2 Å². The minimum atomic E-state index is -0.716. The van der Waals surface area contributed by atoms with Gasteiger partial charge in [0.05, 0.1) is 23.4 Å². The molecule has 132 valence electrons. The Balaban J connectivity index is 2.19. The lowest BCUT2D eigenvalue weighted by Crippen LogP contribution is -2.35. The number of nitro groups is 1. The van der Waals surface area contributed by atoms with Gasteiger partial charge in [-0.15, -0.1) is 0 Å². The summed E-state index contributed by atoms with van der Waals surface area (Å²) in [5.41, 5.74) is -0.365. The van der Waals surface area contributed by atoms with Gasteiger partial charge in [0.2, 0.25) is 0 Å². The van der Waals surface area contributed by atoms with Gasteiger partial charge in [-0.3, -0.25) is 14.9 Å². The average molecular weight is 346 g/mol. The fraction of sp³-hybridized carbons (Fsp3) is 0.312. The molecule has 0 radical (unpaired) electrons. The van der Waals surface area contributed by atoms with Crippen LogP contribution in [0.4, 0.5) is 5.69 Å². The Bertz CT molecular complexity index is 773. The first-order chi connectivity index (χ1) is 11.9. The number of nitrogens with one attached hydrogen (secondary N) is 1. The number of rotatable bonds is 7. The third-order valence-electron chi connectivity index (χ3n) is 3.32. The number of amides is 1. The molecule has 25 heavy (non-hydrogen) atoms. The number of ether oxygens (including phenoxy) is 1. The predicted molar refractivity (Wildman–Crippen MR) is 88.2 cm³/mol. The van der Waals surface area contributed by atoms with E-state index < -0.39 is 16.8 Å². The Hall–Kier alpha value is -3.23. The molecule has 0 saturated heterocycles. The summed E-state index contributed by atoms with van der Waals surface area (Å²) < 4.78 is 6.64. The summed E-state index contributed by atoms with van der Waals surface area (Å²) >= 11 is 0. The highest BCUT2D eigenvalue weighted by molar-refractivity contribution is 5.99. The molecule has 0 fully saturated rings. The van der Waals surface area contributed by atoms with Crippen molar-refractivity contribution >= 4 is 17.6 Å². The maximum atomic E-state index is 12.4. The molecule has 1 N–H and O–H groups in total. The molecule has 2 aromatic rings. The average Bonchev–Trinajstić information content (AvgIpc) is 3.07. The quantitative estimate of drug-likeness (QED) is 0.464. The van der Waals surface area contributed by atoms with Crippen LogP contribution in [0.1, 0.15) is 34.6 Å². The van der Waals surface area contributed by atoms with Crippen LogP contribution in [0.2, 0.25) is 0 Å². The van der Waals surface area contributed by atoms with Crippen molar-refractivity contribution in [1.82, 2.24) is 14.9 Å². The minimum Gasteiger partial charge on any atom is -0.462 e. The highest BCUT2D eigenvalue weighted by Gasteiger charge is 2.19. The second-order valence-electron chi connectivity index (χ2n) is 5.38. The molecular formula is C16H18N4O5. The third kappa shape index (κ3) is 4.87. The maximum absolute atomic E-state index is 12.4. The molecule has 9 nitrogen and oxygen atoms in total. The fourth-order valence-corrected chi connectivity index (χ4v) is 2.24. The summed E-state index contributed by atoms with van der Waals surface area (Å²) in [5, 5.41) is 13.8. The number of aromatic nitrogens is 2. The number of hydrogen-bond donors (Lipinski definition) is 1. The van der Waals surface area contributed by atoms with E-state index in [4.69, 9.17) is 4.74 Å². The Morgan fingerprint density at radius 2 is 2.08 bits per heavy atom. The molecule has 0 spiro atoms. The molecular weight excluding hydrogens is 328 g/mol. The molecule has 0 aliphatic heterocycles. The van der Waals surface area contributed by atoms with Crippen molar-refractivity contribution in [3.8, 4) is 0 Å². The number of carbonyl (C=O) groups is 2. The molecule has 1 unspecified atom stereocenters. The second-order valence-corrected chi connectivity index (χ2v) is 5.38. The number of esters is 1. The molecule has 1 aromatic heterocycles. The lowest BCUT2D eigenvalue weighted by atomic mass is 10.1. The zero-order valence-electron chi connectivity index (χ0n) is 13.8. The third-order valence-corrected chi connectivity index (χ3v) is 3.32. The van der Waals surface area contributed by atoms with Gasteiger partial charge in [0.25, 0.3) is 11.6 Å². The van der Waals surface area contributed by atoms with Crippen LogP contribution in [0.3, 0.4) is 0 Å². The van der Waals surface area contributed by atoms with Crippen LogP contribution >= 0.6 is 0 Å². The highest BCUT2D eigenvalue weighted by Crippen LogP contribution is 2.18. The summed E-state index contributed by atoms with van der Waals surface area (Å²) in [6, 6.07) is 3.25. The first-order valence-electron chi connectivity index (χ1n) is 7.64. The summed E-state index contributed by atoms with van der Waals surface area (Å²) in [4.78, 5) is 38.5.